The molecular weight excluding hydrogens is 221 g/mol. The molecule has 0 aromatic rings. The molecule has 0 aromatic carbocycles. The van der Waals surface area contributed by atoms with Crippen molar-refractivity contribution in [3.63, 3.8) is 0 Å². The van der Waals surface area contributed by atoms with Gasteiger partial charge in [-0.2, -0.15) is 13.2 Å². The van der Waals surface area contributed by atoms with Gasteiger partial charge in [0.1, 0.15) is 0 Å². The highest BCUT2D eigenvalue weighted by atomic mass is 19.4. The summed E-state index contributed by atoms with van der Waals surface area (Å²) >= 11 is 0. The Labute approximate surface area is 92.8 Å². The van der Waals surface area contributed by atoms with Crippen molar-refractivity contribution < 1.29 is 18.0 Å². The SMILES string of the molecule is NCC1CCCCN1C(=O)CCC(F)(F)F. The van der Waals surface area contributed by atoms with E-state index in [-0.39, 0.29) is 6.04 Å². The van der Waals surface area contributed by atoms with Gasteiger partial charge in [-0.15, -0.1) is 0 Å². The molecule has 94 valence electrons. The highest BCUT2D eigenvalue weighted by molar-refractivity contribution is 5.76. The molecule has 1 aliphatic heterocycles. The third kappa shape index (κ3) is 4.00. The molecule has 0 bridgehead atoms. The molecule has 3 nitrogen and oxygen atoms in total. The van der Waals surface area contributed by atoms with Crippen molar-refractivity contribution in [3.8, 4) is 0 Å². The van der Waals surface area contributed by atoms with Gasteiger partial charge < -0.3 is 10.6 Å². The first-order valence-electron chi connectivity index (χ1n) is 5.50. The lowest BCUT2D eigenvalue weighted by Crippen LogP contribution is -2.47. The summed E-state index contributed by atoms with van der Waals surface area (Å²) in [5.41, 5.74) is 5.50. The number of piperidine rings is 1. The fourth-order valence-corrected chi connectivity index (χ4v) is 1.97. The van der Waals surface area contributed by atoms with Gasteiger partial charge >= 0.3 is 6.18 Å². The van der Waals surface area contributed by atoms with Crippen LogP contribution in [-0.2, 0) is 4.79 Å². The van der Waals surface area contributed by atoms with Gasteiger partial charge in [0, 0.05) is 25.6 Å². The molecular formula is C10H17F3N2O. The summed E-state index contributed by atoms with van der Waals surface area (Å²) in [6, 6.07) is -0.0746. The van der Waals surface area contributed by atoms with E-state index in [2.05, 4.69) is 0 Å². The first-order valence-corrected chi connectivity index (χ1v) is 5.50. The maximum absolute atomic E-state index is 12.0. The fourth-order valence-electron chi connectivity index (χ4n) is 1.97. The molecule has 1 fully saturated rings. The molecule has 0 aliphatic carbocycles. The van der Waals surface area contributed by atoms with E-state index in [1.54, 1.807) is 0 Å². The predicted octanol–water partition coefficient (Wildman–Crippen LogP) is 1.67. The highest BCUT2D eigenvalue weighted by Crippen LogP contribution is 2.23. The maximum Gasteiger partial charge on any atom is 0.389 e. The van der Waals surface area contributed by atoms with Gasteiger partial charge in [-0.1, -0.05) is 0 Å². The van der Waals surface area contributed by atoms with Crippen LogP contribution in [0.25, 0.3) is 0 Å². The Morgan fingerprint density at radius 3 is 2.62 bits per heavy atom. The molecule has 0 radical (unpaired) electrons. The zero-order chi connectivity index (χ0) is 12.2. The summed E-state index contributed by atoms with van der Waals surface area (Å²) in [5, 5.41) is 0. The molecule has 1 atom stereocenters. The Morgan fingerprint density at radius 1 is 1.38 bits per heavy atom. The van der Waals surface area contributed by atoms with E-state index >= 15 is 0 Å². The zero-order valence-electron chi connectivity index (χ0n) is 9.09. The van der Waals surface area contributed by atoms with E-state index in [1.807, 2.05) is 0 Å². The minimum absolute atomic E-state index is 0.0746. The Bertz CT molecular complexity index is 243. The standard InChI is InChI=1S/C10H17F3N2O/c11-10(12,13)5-4-9(16)15-6-2-1-3-8(15)7-14/h8H,1-7,14H2. The summed E-state index contributed by atoms with van der Waals surface area (Å²) < 4.78 is 35.9. The number of alkyl halides is 3. The molecule has 1 amide bonds. The van der Waals surface area contributed by atoms with Crippen molar-refractivity contribution in [2.24, 2.45) is 5.73 Å². The van der Waals surface area contributed by atoms with Crippen LogP contribution < -0.4 is 5.73 Å². The average molecular weight is 238 g/mol. The maximum atomic E-state index is 12.0. The van der Waals surface area contributed by atoms with Crippen LogP contribution in [0.15, 0.2) is 0 Å². The summed E-state index contributed by atoms with van der Waals surface area (Å²) in [6.45, 7) is 0.871. The summed E-state index contributed by atoms with van der Waals surface area (Å²) in [7, 11) is 0. The van der Waals surface area contributed by atoms with Crippen LogP contribution in [0.1, 0.15) is 32.1 Å². The van der Waals surface area contributed by atoms with Crippen LogP contribution in [0.3, 0.4) is 0 Å². The molecule has 6 heteroatoms. The summed E-state index contributed by atoms with van der Waals surface area (Å²) in [4.78, 5) is 13.1. The number of rotatable bonds is 3. The third-order valence-electron chi connectivity index (χ3n) is 2.84. The topological polar surface area (TPSA) is 46.3 Å². The van der Waals surface area contributed by atoms with Gasteiger partial charge in [-0.25, -0.2) is 0 Å². The number of nitrogens with two attached hydrogens (primary N) is 1. The number of hydrogen-bond acceptors (Lipinski definition) is 2. The van der Waals surface area contributed by atoms with Crippen LogP contribution >= 0.6 is 0 Å². The smallest absolute Gasteiger partial charge is 0.338 e. The first-order chi connectivity index (χ1) is 7.44. The largest absolute Gasteiger partial charge is 0.389 e. The molecule has 0 aromatic heterocycles. The molecule has 1 heterocycles. The third-order valence-corrected chi connectivity index (χ3v) is 2.84. The van der Waals surface area contributed by atoms with Crippen molar-refractivity contribution in [3.05, 3.63) is 0 Å². The predicted molar refractivity (Wildman–Crippen MR) is 53.7 cm³/mol. The van der Waals surface area contributed by atoms with Crippen molar-refractivity contribution in [2.45, 2.75) is 44.3 Å². The second-order valence-corrected chi connectivity index (χ2v) is 4.09. The van der Waals surface area contributed by atoms with Crippen molar-refractivity contribution in [1.29, 1.82) is 0 Å². The van der Waals surface area contributed by atoms with E-state index in [0.717, 1.165) is 19.3 Å². The van der Waals surface area contributed by atoms with Crippen molar-refractivity contribution in [1.82, 2.24) is 4.90 Å². The minimum Gasteiger partial charge on any atom is -0.338 e. The lowest BCUT2D eigenvalue weighted by Gasteiger charge is -2.35. The van der Waals surface area contributed by atoms with Crippen LogP contribution in [0.4, 0.5) is 13.2 Å². The van der Waals surface area contributed by atoms with Crippen LogP contribution in [0, 0.1) is 0 Å². The van der Waals surface area contributed by atoms with Gasteiger partial charge in [0.05, 0.1) is 6.42 Å². The number of likely N-dealkylation sites (tertiary alicyclic amines) is 1. The van der Waals surface area contributed by atoms with E-state index in [1.165, 1.54) is 4.90 Å². The van der Waals surface area contributed by atoms with Crippen LogP contribution in [0.5, 0.6) is 0 Å². The van der Waals surface area contributed by atoms with Gasteiger partial charge in [0.25, 0.3) is 0 Å². The second kappa shape index (κ2) is 5.52. The molecule has 1 aliphatic rings. The highest BCUT2D eigenvalue weighted by Gasteiger charge is 2.31. The number of carbonyl (C=O) groups is 1. The molecule has 1 unspecified atom stereocenters. The molecule has 1 rings (SSSR count). The summed E-state index contributed by atoms with van der Waals surface area (Å²) in [6.07, 6.45) is -3.11. The van der Waals surface area contributed by atoms with E-state index in [0.29, 0.717) is 13.1 Å². The van der Waals surface area contributed by atoms with E-state index < -0.39 is 24.9 Å². The van der Waals surface area contributed by atoms with Gasteiger partial charge in [0.15, 0.2) is 0 Å². The fraction of sp³-hybridized carbons (Fsp3) is 0.900. The van der Waals surface area contributed by atoms with Crippen molar-refractivity contribution in [2.75, 3.05) is 13.1 Å². The summed E-state index contributed by atoms with van der Waals surface area (Å²) in [5.74, 6) is -0.424. The average Bonchev–Trinajstić information content (AvgIpc) is 2.25. The molecule has 2 N–H and O–H groups in total. The number of nitrogens with zero attached hydrogens (tertiary/aromatic N) is 1. The quantitative estimate of drug-likeness (QED) is 0.813. The monoisotopic (exact) mass is 238 g/mol. The first kappa shape index (κ1) is 13.3. The zero-order valence-corrected chi connectivity index (χ0v) is 9.09. The Kier molecular flexibility index (Phi) is 4.58. The molecule has 0 saturated carbocycles. The van der Waals surface area contributed by atoms with E-state index in [4.69, 9.17) is 5.73 Å². The molecule has 1 saturated heterocycles. The van der Waals surface area contributed by atoms with Crippen molar-refractivity contribution >= 4 is 5.91 Å². The van der Waals surface area contributed by atoms with Crippen LogP contribution in [0.2, 0.25) is 0 Å². The number of carbonyl (C=O) groups excluding carboxylic acids is 1. The lowest BCUT2D eigenvalue weighted by atomic mass is 10.0. The minimum atomic E-state index is -4.26. The normalized spacial score (nSPS) is 22.2. The van der Waals surface area contributed by atoms with E-state index in [9.17, 15) is 18.0 Å². The van der Waals surface area contributed by atoms with Gasteiger partial charge in [-0.3, -0.25) is 4.79 Å². The number of amides is 1. The Morgan fingerprint density at radius 2 is 2.06 bits per heavy atom. The Hall–Kier alpha value is -0.780. The van der Waals surface area contributed by atoms with Gasteiger partial charge in [-0.05, 0) is 19.3 Å². The second-order valence-electron chi connectivity index (χ2n) is 4.09. The van der Waals surface area contributed by atoms with Gasteiger partial charge in [0.2, 0.25) is 5.91 Å². The number of halogens is 3. The lowest BCUT2D eigenvalue weighted by molar-refractivity contribution is -0.151. The Balaban J connectivity index is 2.45. The molecule has 16 heavy (non-hydrogen) atoms. The molecule has 0 spiro atoms. The van der Waals surface area contributed by atoms with Crippen LogP contribution in [-0.4, -0.2) is 36.1 Å². The number of hydrogen-bond donors (Lipinski definition) is 1.